The van der Waals surface area contributed by atoms with Gasteiger partial charge in [-0.2, -0.15) is 0 Å². The lowest BCUT2D eigenvalue weighted by molar-refractivity contribution is -0.125. The van der Waals surface area contributed by atoms with Crippen LogP contribution in [0.15, 0.2) is 42.0 Å². The number of benzene rings is 1. The molecule has 0 aliphatic heterocycles. The number of Topliss-reactive ketones (excluding diaryl/α,β-unsaturated/α-hetero) is 3. The van der Waals surface area contributed by atoms with Crippen LogP contribution in [-0.2, 0) is 9.59 Å². The van der Waals surface area contributed by atoms with E-state index in [0.29, 0.717) is 5.56 Å². The van der Waals surface area contributed by atoms with Crippen LogP contribution < -0.4 is 0 Å². The van der Waals surface area contributed by atoms with E-state index >= 15 is 0 Å². The minimum atomic E-state index is -0.370. The van der Waals surface area contributed by atoms with Gasteiger partial charge in [0.05, 0.1) is 12.0 Å². The molecule has 0 atom stereocenters. The summed E-state index contributed by atoms with van der Waals surface area (Å²) in [5.41, 5.74) is 0.627. The normalized spacial score (nSPS) is 15.9. The third kappa shape index (κ3) is 1.98. The second-order valence-electron chi connectivity index (χ2n) is 3.66. The molecule has 0 N–H and O–H groups in total. The minimum absolute atomic E-state index is 0.130. The Morgan fingerprint density at radius 1 is 1.06 bits per heavy atom. The van der Waals surface area contributed by atoms with Crippen molar-refractivity contribution >= 4 is 17.3 Å². The predicted molar refractivity (Wildman–Crippen MR) is 58.1 cm³/mol. The molecule has 0 fully saturated rings. The van der Waals surface area contributed by atoms with Crippen molar-refractivity contribution in [3.8, 4) is 0 Å². The van der Waals surface area contributed by atoms with Crippen molar-refractivity contribution in [2.24, 2.45) is 0 Å². The van der Waals surface area contributed by atoms with Gasteiger partial charge in [0, 0.05) is 12.0 Å². The zero-order chi connectivity index (χ0) is 11.5. The Labute approximate surface area is 92.8 Å². The first kappa shape index (κ1) is 10.5. The summed E-state index contributed by atoms with van der Waals surface area (Å²) in [6.07, 6.45) is 1.47. The van der Waals surface area contributed by atoms with Crippen LogP contribution >= 0.6 is 0 Å². The molecule has 1 aliphatic rings. The molecule has 1 aromatic rings. The summed E-state index contributed by atoms with van der Waals surface area (Å²) < 4.78 is 0. The van der Waals surface area contributed by atoms with Gasteiger partial charge in [-0.05, 0) is 0 Å². The smallest absolute Gasteiger partial charge is 0.196 e. The molecule has 1 aliphatic carbocycles. The fourth-order valence-electron chi connectivity index (χ4n) is 1.64. The van der Waals surface area contributed by atoms with Crippen LogP contribution in [0.2, 0.25) is 0 Å². The largest absolute Gasteiger partial charge is 0.299 e. The zero-order valence-corrected chi connectivity index (χ0v) is 8.60. The Kier molecular flexibility index (Phi) is 2.77. The molecule has 0 saturated carbocycles. The van der Waals surface area contributed by atoms with Gasteiger partial charge < -0.3 is 0 Å². The molecule has 0 saturated heterocycles. The first-order chi connectivity index (χ1) is 7.68. The van der Waals surface area contributed by atoms with Gasteiger partial charge >= 0.3 is 0 Å². The molecule has 1 aromatic carbocycles. The van der Waals surface area contributed by atoms with E-state index in [4.69, 9.17) is 0 Å². The van der Waals surface area contributed by atoms with Gasteiger partial charge in [0.15, 0.2) is 11.6 Å². The Hall–Kier alpha value is -2.03. The highest BCUT2D eigenvalue weighted by molar-refractivity contribution is 6.30. The number of allylic oxidation sites excluding steroid dienone is 2. The molecule has 0 amide bonds. The predicted octanol–water partition coefficient (Wildman–Crippen LogP) is 1.73. The van der Waals surface area contributed by atoms with Gasteiger partial charge in [0.2, 0.25) is 0 Å². The molecule has 16 heavy (non-hydrogen) atoms. The van der Waals surface area contributed by atoms with Crippen LogP contribution in [0, 0.1) is 0 Å². The monoisotopic (exact) mass is 214 g/mol. The van der Waals surface area contributed by atoms with Gasteiger partial charge in [-0.25, -0.2) is 0 Å². The number of hydrogen-bond acceptors (Lipinski definition) is 3. The molecular weight excluding hydrogens is 204 g/mol. The van der Waals surface area contributed by atoms with Crippen molar-refractivity contribution < 1.29 is 14.4 Å². The maximum absolute atomic E-state index is 11.9. The average molecular weight is 214 g/mol. The third-order valence-corrected chi connectivity index (χ3v) is 2.47. The van der Waals surface area contributed by atoms with Crippen LogP contribution in [0.1, 0.15) is 23.2 Å². The lowest BCUT2D eigenvalue weighted by atomic mass is 9.91. The first-order valence-electron chi connectivity index (χ1n) is 5.03. The summed E-state index contributed by atoms with van der Waals surface area (Å²) >= 11 is 0. The van der Waals surface area contributed by atoms with Crippen molar-refractivity contribution in [3.63, 3.8) is 0 Å². The maximum Gasteiger partial charge on any atom is 0.196 e. The second-order valence-corrected chi connectivity index (χ2v) is 3.66. The highest BCUT2D eigenvalue weighted by Crippen LogP contribution is 2.16. The summed E-state index contributed by atoms with van der Waals surface area (Å²) in [4.78, 5) is 34.4. The molecule has 0 aromatic heterocycles. The summed E-state index contributed by atoms with van der Waals surface area (Å²) in [5.74, 6) is -0.794. The van der Waals surface area contributed by atoms with Crippen LogP contribution in [0.25, 0.3) is 0 Å². The van der Waals surface area contributed by atoms with E-state index in [2.05, 4.69) is 0 Å². The molecule has 80 valence electrons. The van der Waals surface area contributed by atoms with E-state index < -0.39 is 0 Å². The van der Waals surface area contributed by atoms with Crippen molar-refractivity contribution in [2.75, 3.05) is 0 Å². The second kappa shape index (κ2) is 4.23. The van der Waals surface area contributed by atoms with E-state index in [9.17, 15) is 14.4 Å². The van der Waals surface area contributed by atoms with Crippen molar-refractivity contribution in [2.45, 2.75) is 12.8 Å². The maximum atomic E-state index is 11.9. The summed E-state index contributed by atoms with van der Waals surface area (Å²) in [7, 11) is 0. The SMILES string of the molecule is O=C1CC=C(C(=O)c2ccccc2)C(=O)C1. The van der Waals surface area contributed by atoms with E-state index in [1.165, 1.54) is 6.08 Å². The Bertz CT molecular complexity index is 483. The fourth-order valence-corrected chi connectivity index (χ4v) is 1.64. The average Bonchev–Trinajstić information content (AvgIpc) is 2.29. The number of ketones is 3. The third-order valence-electron chi connectivity index (χ3n) is 2.47. The summed E-state index contributed by atoms with van der Waals surface area (Å²) in [6, 6.07) is 8.61. The summed E-state index contributed by atoms with van der Waals surface area (Å²) in [6.45, 7) is 0. The topological polar surface area (TPSA) is 51.2 Å². The molecule has 2 rings (SSSR count). The number of carbonyl (C=O) groups is 3. The fraction of sp³-hybridized carbons (Fsp3) is 0.154. The molecule has 0 bridgehead atoms. The molecule has 3 nitrogen and oxygen atoms in total. The highest BCUT2D eigenvalue weighted by Gasteiger charge is 2.25. The molecule has 0 unspecified atom stereocenters. The molecule has 0 radical (unpaired) electrons. The lowest BCUT2D eigenvalue weighted by Crippen LogP contribution is -2.20. The Balaban J connectivity index is 2.30. The number of hydrogen-bond donors (Lipinski definition) is 0. The van der Waals surface area contributed by atoms with Gasteiger partial charge in [-0.15, -0.1) is 0 Å². The molecule has 0 heterocycles. The van der Waals surface area contributed by atoms with E-state index in [-0.39, 0.29) is 35.8 Å². The van der Waals surface area contributed by atoms with E-state index in [0.717, 1.165) is 0 Å². The van der Waals surface area contributed by atoms with Crippen LogP contribution in [0.4, 0.5) is 0 Å². The quantitative estimate of drug-likeness (QED) is 0.428. The van der Waals surface area contributed by atoms with Crippen molar-refractivity contribution in [1.29, 1.82) is 0 Å². The van der Waals surface area contributed by atoms with Gasteiger partial charge in [0.25, 0.3) is 0 Å². The van der Waals surface area contributed by atoms with Crippen molar-refractivity contribution in [3.05, 3.63) is 47.5 Å². The van der Waals surface area contributed by atoms with Crippen LogP contribution in [-0.4, -0.2) is 17.3 Å². The Morgan fingerprint density at radius 3 is 2.38 bits per heavy atom. The standard InChI is InChI=1S/C13H10O3/c14-10-6-7-11(12(15)8-10)13(16)9-4-2-1-3-5-9/h1-5,7H,6,8H2. The number of carbonyl (C=O) groups excluding carboxylic acids is 3. The van der Waals surface area contributed by atoms with Crippen molar-refractivity contribution in [1.82, 2.24) is 0 Å². The Morgan fingerprint density at radius 2 is 1.75 bits per heavy atom. The molecule has 3 heteroatoms. The minimum Gasteiger partial charge on any atom is -0.299 e. The highest BCUT2D eigenvalue weighted by atomic mass is 16.2. The van der Waals surface area contributed by atoms with E-state index in [1.54, 1.807) is 30.3 Å². The van der Waals surface area contributed by atoms with Gasteiger partial charge in [0.1, 0.15) is 5.78 Å². The lowest BCUT2D eigenvalue weighted by Gasteiger charge is -2.09. The first-order valence-corrected chi connectivity index (χ1v) is 5.03. The van der Waals surface area contributed by atoms with E-state index in [1.807, 2.05) is 0 Å². The van der Waals surface area contributed by atoms with Crippen LogP contribution in [0.5, 0.6) is 0 Å². The summed E-state index contributed by atoms with van der Waals surface area (Å²) in [5, 5.41) is 0. The number of rotatable bonds is 2. The van der Waals surface area contributed by atoms with Crippen LogP contribution in [0.3, 0.4) is 0 Å². The zero-order valence-electron chi connectivity index (χ0n) is 8.60. The van der Waals surface area contributed by atoms with Gasteiger partial charge in [-0.1, -0.05) is 36.4 Å². The molecular formula is C13H10O3. The van der Waals surface area contributed by atoms with Gasteiger partial charge in [-0.3, -0.25) is 14.4 Å². The molecule has 0 spiro atoms.